The van der Waals surface area contributed by atoms with Gasteiger partial charge in [-0.25, -0.2) is 4.79 Å². The highest BCUT2D eigenvalue weighted by molar-refractivity contribution is 5.98. The van der Waals surface area contributed by atoms with Crippen LogP contribution in [-0.4, -0.2) is 44.5 Å². The largest absolute Gasteiger partial charge is 0.454 e. The molecular formula is C18H18N2O6. The van der Waals surface area contributed by atoms with Crippen molar-refractivity contribution in [1.82, 2.24) is 5.32 Å². The number of hydrogen-bond acceptors (Lipinski definition) is 7. The minimum absolute atomic E-state index is 0.00947. The Balaban J connectivity index is 1.51. The summed E-state index contributed by atoms with van der Waals surface area (Å²) in [4.78, 5) is 23.7. The second-order valence-corrected chi connectivity index (χ2v) is 5.80. The first-order valence-electron chi connectivity index (χ1n) is 8.22. The van der Waals surface area contributed by atoms with E-state index in [4.69, 9.17) is 18.9 Å². The number of hydrogen-bond donors (Lipinski definition) is 1. The van der Waals surface area contributed by atoms with Gasteiger partial charge in [0.15, 0.2) is 18.1 Å². The predicted octanol–water partition coefficient (Wildman–Crippen LogP) is 1.16. The molecule has 2 aliphatic rings. The number of ether oxygens (including phenoxy) is 4. The summed E-state index contributed by atoms with van der Waals surface area (Å²) in [6.45, 7) is 0.766. The third kappa shape index (κ3) is 4.52. The van der Waals surface area contributed by atoms with Gasteiger partial charge in [0.1, 0.15) is 11.6 Å². The number of carbonyl (C=O) groups is 2. The summed E-state index contributed by atoms with van der Waals surface area (Å²) in [5, 5.41) is 11.8. The molecule has 1 N–H and O–H groups in total. The smallest absolute Gasteiger partial charge is 0.349 e. The van der Waals surface area contributed by atoms with Crippen LogP contribution < -0.4 is 14.8 Å². The molecule has 3 rings (SSSR count). The molecule has 1 fully saturated rings. The van der Waals surface area contributed by atoms with Crippen LogP contribution in [0.2, 0.25) is 0 Å². The molecule has 136 valence electrons. The van der Waals surface area contributed by atoms with Crippen molar-refractivity contribution in [2.45, 2.75) is 18.9 Å². The van der Waals surface area contributed by atoms with Crippen LogP contribution >= 0.6 is 0 Å². The lowest BCUT2D eigenvalue weighted by molar-refractivity contribution is -0.144. The third-order valence-corrected chi connectivity index (χ3v) is 3.93. The van der Waals surface area contributed by atoms with Gasteiger partial charge in [0.2, 0.25) is 6.79 Å². The van der Waals surface area contributed by atoms with Crippen molar-refractivity contribution >= 4 is 18.0 Å². The molecule has 8 nitrogen and oxygen atoms in total. The molecule has 0 spiro atoms. The summed E-state index contributed by atoms with van der Waals surface area (Å²) in [5.74, 6) is -0.157. The molecule has 1 atom stereocenters. The number of esters is 1. The van der Waals surface area contributed by atoms with Crippen LogP contribution in [0.15, 0.2) is 23.8 Å². The fraction of sp³-hybridized carbons (Fsp3) is 0.389. The SMILES string of the molecule is N#C/C(=C/c1ccc2c(c1)OCO2)C(=O)OCC(=O)NC[C@H]1CCCO1. The van der Waals surface area contributed by atoms with Gasteiger partial charge < -0.3 is 24.3 Å². The molecule has 0 saturated carbocycles. The van der Waals surface area contributed by atoms with Gasteiger partial charge in [0, 0.05) is 13.2 Å². The molecule has 1 aromatic rings. The molecule has 1 saturated heterocycles. The lowest BCUT2D eigenvalue weighted by atomic mass is 10.1. The minimum Gasteiger partial charge on any atom is -0.454 e. The molecule has 8 heteroatoms. The van der Waals surface area contributed by atoms with E-state index in [0.717, 1.165) is 12.8 Å². The van der Waals surface area contributed by atoms with E-state index >= 15 is 0 Å². The Morgan fingerprint density at radius 3 is 2.96 bits per heavy atom. The van der Waals surface area contributed by atoms with Crippen LogP contribution in [0.4, 0.5) is 0 Å². The van der Waals surface area contributed by atoms with Crippen molar-refractivity contribution in [3.63, 3.8) is 0 Å². The van der Waals surface area contributed by atoms with Crippen molar-refractivity contribution < 1.29 is 28.5 Å². The molecule has 2 heterocycles. The monoisotopic (exact) mass is 358 g/mol. The van der Waals surface area contributed by atoms with Gasteiger partial charge in [0.05, 0.1) is 6.10 Å². The fourth-order valence-electron chi connectivity index (χ4n) is 2.60. The molecule has 0 bridgehead atoms. The Morgan fingerprint density at radius 1 is 1.35 bits per heavy atom. The summed E-state index contributed by atoms with van der Waals surface area (Å²) in [5.41, 5.74) is 0.376. The zero-order valence-electron chi connectivity index (χ0n) is 14.0. The number of amides is 1. The topological polar surface area (TPSA) is 107 Å². The second-order valence-electron chi connectivity index (χ2n) is 5.80. The van der Waals surface area contributed by atoms with Crippen LogP contribution in [0.1, 0.15) is 18.4 Å². The number of benzene rings is 1. The Hall–Kier alpha value is -3.05. The second kappa shape index (κ2) is 8.36. The Labute approximate surface area is 150 Å². The van der Waals surface area contributed by atoms with Gasteiger partial charge in [0.25, 0.3) is 5.91 Å². The average molecular weight is 358 g/mol. The van der Waals surface area contributed by atoms with E-state index in [9.17, 15) is 14.9 Å². The summed E-state index contributed by atoms with van der Waals surface area (Å²) in [7, 11) is 0. The van der Waals surface area contributed by atoms with E-state index < -0.39 is 18.5 Å². The summed E-state index contributed by atoms with van der Waals surface area (Å²) < 4.78 is 20.7. The standard InChI is InChI=1S/C18H18N2O6/c19-8-13(6-12-3-4-15-16(7-12)26-11-25-15)18(22)24-10-17(21)20-9-14-2-1-5-23-14/h3-4,6-7,14H,1-2,5,9-11H2,(H,20,21)/b13-6-/t14-/m1/s1. The fourth-order valence-corrected chi connectivity index (χ4v) is 2.60. The van der Waals surface area contributed by atoms with Gasteiger partial charge in [-0.3, -0.25) is 4.79 Å². The average Bonchev–Trinajstić information content (AvgIpc) is 3.33. The van der Waals surface area contributed by atoms with Crippen molar-refractivity contribution in [2.24, 2.45) is 0 Å². The Morgan fingerprint density at radius 2 is 2.19 bits per heavy atom. The maximum absolute atomic E-state index is 12.0. The van der Waals surface area contributed by atoms with E-state index in [2.05, 4.69) is 5.32 Å². The number of nitrogens with zero attached hydrogens (tertiary/aromatic N) is 1. The van der Waals surface area contributed by atoms with Crippen LogP contribution in [0.25, 0.3) is 6.08 Å². The van der Waals surface area contributed by atoms with Crippen LogP contribution in [0.3, 0.4) is 0 Å². The number of carbonyl (C=O) groups excluding carboxylic acids is 2. The maximum Gasteiger partial charge on any atom is 0.349 e. The van der Waals surface area contributed by atoms with Gasteiger partial charge in [-0.05, 0) is 36.6 Å². The lowest BCUT2D eigenvalue weighted by Gasteiger charge is -2.10. The van der Waals surface area contributed by atoms with Gasteiger partial charge >= 0.3 is 5.97 Å². The van der Waals surface area contributed by atoms with E-state index in [1.807, 2.05) is 0 Å². The van der Waals surface area contributed by atoms with Crippen molar-refractivity contribution in [3.8, 4) is 17.6 Å². The lowest BCUT2D eigenvalue weighted by Crippen LogP contribution is -2.34. The zero-order valence-corrected chi connectivity index (χ0v) is 14.0. The first-order valence-corrected chi connectivity index (χ1v) is 8.22. The van der Waals surface area contributed by atoms with E-state index in [1.165, 1.54) is 6.08 Å². The zero-order chi connectivity index (χ0) is 18.4. The van der Waals surface area contributed by atoms with Crippen molar-refractivity contribution in [1.29, 1.82) is 5.26 Å². The minimum atomic E-state index is -0.863. The molecule has 26 heavy (non-hydrogen) atoms. The van der Waals surface area contributed by atoms with Gasteiger partial charge in [-0.1, -0.05) is 6.07 Å². The van der Waals surface area contributed by atoms with Crippen molar-refractivity contribution in [3.05, 3.63) is 29.3 Å². The normalized spacial score (nSPS) is 18.3. The maximum atomic E-state index is 12.0. The molecule has 0 aromatic heterocycles. The first-order chi connectivity index (χ1) is 12.7. The van der Waals surface area contributed by atoms with E-state index in [-0.39, 0.29) is 18.5 Å². The number of rotatable bonds is 6. The Bertz CT molecular complexity index is 761. The third-order valence-electron chi connectivity index (χ3n) is 3.93. The van der Waals surface area contributed by atoms with Gasteiger partial charge in [-0.15, -0.1) is 0 Å². The molecule has 0 unspecified atom stereocenters. The van der Waals surface area contributed by atoms with Crippen LogP contribution in [0.5, 0.6) is 11.5 Å². The summed E-state index contributed by atoms with van der Waals surface area (Å²) in [6.07, 6.45) is 3.26. The highest BCUT2D eigenvalue weighted by Gasteiger charge is 2.18. The van der Waals surface area contributed by atoms with Crippen LogP contribution in [0, 0.1) is 11.3 Å². The number of fused-ring (bicyclic) bond motifs is 1. The van der Waals surface area contributed by atoms with E-state index in [0.29, 0.717) is 30.2 Å². The predicted molar refractivity (Wildman–Crippen MR) is 89.1 cm³/mol. The number of nitrogens with one attached hydrogen (secondary N) is 1. The van der Waals surface area contributed by atoms with E-state index in [1.54, 1.807) is 24.3 Å². The molecule has 2 aliphatic heterocycles. The first kappa shape index (κ1) is 17.8. The Kier molecular flexibility index (Phi) is 5.71. The summed E-state index contributed by atoms with van der Waals surface area (Å²) >= 11 is 0. The summed E-state index contributed by atoms with van der Waals surface area (Å²) in [6, 6.07) is 6.81. The highest BCUT2D eigenvalue weighted by Crippen LogP contribution is 2.33. The molecule has 1 amide bonds. The molecular weight excluding hydrogens is 340 g/mol. The number of nitriles is 1. The van der Waals surface area contributed by atoms with Crippen LogP contribution in [-0.2, 0) is 19.1 Å². The highest BCUT2D eigenvalue weighted by atomic mass is 16.7. The van der Waals surface area contributed by atoms with Crippen molar-refractivity contribution in [2.75, 3.05) is 26.6 Å². The molecule has 0 aliphatic carbocycles. The molecule has 0 radical (unpaired) electrons. The molecule has 1 aromatic carbocycles. The van der Waals surface area contributed by atoms with Gasteiger partial charge in [-0.2, -0.15) is 5.26 Å². The quantitative estimate of drug-likeness (QED) is 0.462.